The standard InChI is InChI=1S/C8H9NO3S/c1-5(8(11)12-2)7(10)6-3-9-4-13-6/h3-5H,1-2H3. The topological polar surface area (TPSA) is 56.3 Å². The normalized spacial score (nSPS) is 12.2. The first-order chi connectivity index (χ1) is 6.16. The van der Waals surface area contributed by atoms with Crippen molar-refractivity contribution in [3.05, 3.63) is 16.6 Å². The van der Waals surface area contributed by atoms with Crippen molar-refractivity contribution in [2.24, 2.45) is 5.92 Å². The SMILES string of the molecule is COC(=O)C(C)C(=O)c1cncs1. The number of ether oxygens (including phenoxy) is 1. The van der Waals surface area contributed by atoms with Crippen LogP contribution >= 0.6 is 11.3 Å². The molecule has 1 atom stereocenters. The number of carbonyl (C=O) groups is 2. The highest BCUT2D eigenvalue weighted by molar-refractivity contribution is 7.11. The first-order valence-electron chi connectivity index (χ1n) is 3.67. The molecular formula is C8H9NO3S. The van der Waals surface area contributed by atoms with E-state index >= 15 is 0 Å². The Morgan fingerprint density at radius 3 is 2.77 bits per heavy atom. The minimum Gasteiger partial charge on any atom is -0.468 e. The minimum atomic E-state index is -0.745. The number of methoxy groups -OCH3 is 1. The van der Waals surface area contributed by atoms with Crippen molar-refractivity contribution in [1.82, 2.24) is 4.98 Å². The average Bonchev–Trinajstić information content (AvgIpc) is 2.67. The summed E-state index contributed by atoms with van der Waals surface area (Å²) in [7, 11) is 1.26. The molecule has 1 unspecified atom stereocenters. The number of rotatable bonds is 3. The molecule has 4 nitrogen and oxygen atoms in total. The second-order valence-corrected chi connectivity index (χ2v) is 3.36. The van der Waals surface area contributed by atoms with Crippen LogP contribution in [-0.4, -0.2) is 23.8 Å². The van der Waals surface area contributed by atoms with Crippen LogP contribution in [0.4, 0.5) is 0 Å². The fourth-order valence-electron chi connectivity index (χ4n) is 0.835. The predicted molar refractivity (Wildman–Crippen MR) is 47.6 cm³/mol. The fourth-order valence-corrected chi connectivity index (χ4v) is 1.48. The van der Waals surface area contributed by atoms with Gasteiger partial charge in [0.15, 0.2) is 5.78 Å². The number of esters is 1. The zero-order valence-corrected chi connectivity index (χ0v) is 8.13. The van der Waals surface area contributed by atoms with Gasteiger partial charge in [-0.2, -0.15) is 0 Å². The van der Waals surface area contributed by atoms with Gasteiger partial charge in [-0.1, -0.05) is 0 Å². The molecule has 0 aliphatic heterocycles. The fraction of sp³-hybridized carbons (Fsp3) is 0.375. The Morgan fingerprint density at radius 1 is 1.62 bits per heavy atom. The zero-order chi connectivity index (χ0) is 9.84. The van der Waals surface area contributed by atoms with Crippen LogP contribution in [0, 0.1) is 5.92 Å². The van der Waals surface area contributed by atoms with Crippen LogP contribution in [-0.2, 0) is 9.53 Å². The number of carbonyl (C=O) groups excluding carboxylic acids is 2. The number of hydrogen-bond acceptors (Lipinski definition) is 5. The van der Waals surface area contributed by atoms with Gasteiger partial charge in [-0.3, -0.25) is 14.6 Å². The maximum Gasteiger partial charge on any atom is 0.316 e. The van der Waals surface area contributed by atoms with Crippen molar-refractivity contribution in [3.63, 3.8) is 0 Å². The molecular weight excluding hydrogens is 190 g/mol. The average molecular weight is 199 g/mol. The maximum atomic E-state index is 11.5. The van der Waals surface area contributed by atoms with Gasteiger partial charge in [0.2, 0.25) is 0 Å². The van der Waals surface area contributed by atoms with Gasteiger partial charge in [0, 0.05) is 6.20 Å². The van der Waals surface area contributed by atoms with E-state index in [1.807, 2.05) is 0 Å². The second-order valence-electron chi connectivity index (χ2n) is 2.47. The van der Waals surface area contributed by atoms with Crippen molar-refractivity contribution < 1.29 is 14.3 Å². The first kappa shape index (κ1) is 9.85. The van der Waals surface area contributed by atoms with Crippen molar-refractivity contribution in [2.45, 2.75) is 6.92 Å². The summed E-state index contributed by atoms with van der Waals surface area (Å²) in [6.45, 7) is 1.52. The Bertz CT molecular complexity index is 307. The molecule has 1 aromatic heterocycles. The predicted octanol–water partition coefficient (Wildman–Crippen LogP) is 1.13. The molecule has 0 spiro atoms. The Morgan fingerprint density at radius 2 is 2.31 bits per heavy atom. The van der Waals surface area contributed by atoms with E-state index in [0.29, 0.717) is 4.88 Å². The Kier molecular flexibility index (Phi) is 3.13. The maximum absolute atomic E-state index is 11.5. The Balaban J connectivity index is 2.74. The van der Waals surface area contributed by atoms with Gasteiger partial charge in [0.25, 0.3) is 0 Å². The van der Waals surface area contributed by atoms with Gasteiger partial charge in [-0.05, 0) is 6.92 Å². The van der Waals surface area contributed by atoms with Gasteiger partial charge in [-0.25, -0.2) is 0 Å². The summed E-state index contributed by atoms with van der Waals surface area (Å²) in [5, 5.41) is 0. The van der Waals surface area contributed by atoms with Crippen LogP contribution in [0.1, 0.15) is 16.6 Å². The summed E-state index contributed by atoms with van der Waals surface area (Å²) in [5.41, 5.74) is 1.55. The third-order valence-corrected chi connectivity index (χ3v) is 2.41. The molecule has 0 aliphatic carbocycles. The highest BCUT2D eigenvalue weighted by atomic mass is 32.1. The monoisotopic (exact) mass is 199 g/mol. The van der Waals surface area contributed by atoms with Crippen molar-refractivity contribution >= 4 is 23.1 Å². The van der Waals surface area contributed by atoms with E-state index in [9.17, 15) is 9.59 Å². The molecule has 0 aliphatic rings. The van der Waals surface area contributed by atoms with Crippen LogP contribution in [0.3, 0.4) is 0 Å². The van der Waals surface area contributed by atoms with Crippen molar-refractivity contribution in [3.8, 4) is 0 Å². The number of hydrogen-bond donors (Lipinski definition) is 0. The molecule has 1 rings (SSSR count). The largest absolute Gasteiger partial charge is 0.468 e. The molecule has 0 saturated carbocycles. The molecule has 0 amide bonds. The van der Waals surface area contributed by atoms with Gasteiger partial charge >= 0.3 is 5.97 Å². The lowest BCUT2D eigenvalue weighted by molar-refractivity contribution is -0.143. The van der Waals surface area contributed by atoms with E-state index in [1.54, 1.807) is 5.51 Å². The zero-order valence-electron chi connectivity index (χ0n) is 7.31. The molecule has 1 aromatic rings. The summed E-state index contributed by atoms with van der Waals surface area (Å²) in [6, 6.07) is 0. The van der Waals surface area contributed by atoms with E-state index < -0.39 is 11.9 Å². The van der Waals surface area contributed by atoms with Gasteiger partial charge in [0.05, 0.1) is 17.5 Å². The molecule has 0 bridgehead atoms. The number of Topliss-reactive ketones (excluding diaryl/α,β-unsaturated/α-hetero) is 1. The lowest BCUT2D eigenvalue weighted by Gasteiger charge is -2.04. The number of aromatic nitrogens is 1. The molecule has 0 aromatic carbocycles. The summed E-state index contributed by atoms with van der Waals surface area (Å²) >= 11 is 1.22. The molecule has 1 heterocycles. The van der Waals surface area contributed by atoms with Crippen molar-refractivity contribution in [1.29, 1.82) is 0 Å². The molecule has 0 N–H and O–H groups in total. The van der Waals surface area contributed by atoms with E-state index in [1.165, 1.54) is 31.6 Å². The van der Waals surface area contributed by atoms with Gasteiger partial charge in [-0.15, -0.1) is 11.3 Å². The summed E-state index contributed by atoms with van der Waals surface area (Å²) in [5.74, 6) is -1.50. The van der Waals surface area contributed by atoms with Crippen LogP contribution in [0.2, 0.25) is 0 Å². The third kappa shape index (κ3) is 2.12. The van der Waals surface area contributed by atoms with E-state index in [2.05, 4.69) is 9.72 Å². The number of nitrogens with zero attached hydrogens (tertiary/aromatic N) is 1. The third-order valence-electron chi connectivity index (χ3n) is 1.62. The molecule has 13 heavy (non-hydrogen) atoms. The summed E-state index contributed by atoms with van der Waals surface area (Å²) in [6.07, 6.45) is 1.45. The Labute approximate surface area is 79.6 Å². The first-order valence-corrected chi connectivity index (χ1v) is 4.55. The highest BCUT2D eigenvalue weighted by Crippen LogP contribution is 2.13. The Hall–Kier alpha value is -1.23. The minimum absolute atomic E-state index is 0.241. The quantitative estimate of drug-likeness (QED) is 0.416. The second kappa shape index (κ2) is 4.13. The van der Waals surface area contributed by atoms with Crippen LogP contribution in [0.15, 0.2) is 11.7 Å². The molecule has 0 saturated heterocycles. The van der Waals surface area contributed by atoms with E-state index in [4.69, 9.17) is 0 Å². The molecule has 70 valence electrons. The summed E-state index contributed by atoms with van der Waals surface area (Å²) < 4.78 is 4.46. The molecule has 0 radical (unpaired) electrons. The van der Waals surface area contributed by atoms with Gasteiger partial charge in [0.1, 0.15) is 5.92 Å². The lowest BCUT2D eigenvalue weighted by Crippen LogP contribution is -2.21. The van der Waals surface area contributed by atoms with Crippen LogP contribution < -0.4 is 0 Å². The van der Waals surface area contributed by atoms with Crippen molar-refractivity contribution in [2.75, 3.05) is 7.11 Å². The molecule has 0 fully saturated rings. The van der Waals surface area contributed by atoms with E-state index in [-0.39, 0.29) is 5.78 Å². The van der Waals surface area contributed by atoms with Crippen LogP contribution in [0.25, 0.3) is 0 Å². The van der Waals surface area contributed by atoms with Crippen LogP contribution in [0.5, 0.6) is 0 Å². The molecule has 5 heteroatoms. The smallest absolute Gasteiger partial charge is 0.316 e. The summed E-state index contributed by atoms with van der Waals surface area (Å²) in [4.78, 5) is 26.7. The lowest BCUT2D eigenvalue weighted by atomic mass is 10.1. The van der Waals surface area contributed by atoms with E-state index in [0.717, 1.165) is 0 Å². The number of thiazole rings is 1. The van der Waals surface area contributed by atoms with Gasteiger partial charge < -0.3 is 4.74 Å². The number of ketones is 1. The highest BCUT2D eigenvalue weighted by Gasteiger charge is 2.24.